The predicted octanol–water partition coefficient (Wildman–Crippen LogP) is 7.69. The first-order chi connectivity index (χ1) is 33.1. The van der Waals surface area contributed by atoms with Crippen molar-refractivity contribution in [1.82, 2.24) is 44.0 Å². The van der Waals surface area contributed by atoms with Gasteiger partial charge in [0.1, 0.15) is 11.3 Å². The van der Waals surface area contributed by atoms with E-state index in [-0.39, 0.29) is 34.7 Å². The van der Waals surface area contributed by atoms with E-state index < -0.39 is 28.3 Å². The molecule has 7 aromatic rings. The number of fused-ring (bicyclic) bond motifs is 14. The third-order valence-electron chi connectivity index (χ3n) is 14.9. The first kappa shape index (κ1) is 44.9. The summed E-state index contributed by atoms with van der Waals surface area (Å²) in [4.78, 5) is 60.9. The van der Waals surface area contributed by atoms with Gasteiger partial charge in [-0.2, -0.15) is 10.2 Å². The number of aryl methyl sites for hydroxylation is 4. The second-order valence-electron chi connectivity index (χ2n) is 19.5. The number of pyridine rings is 2. The van der Waals surface area contributed by atoms with Gasteiger partial charge in [-0.15, -0.1) is 0 Å². The van der Waals surface area contributed by atoms with Crippen LogP contribution in [0.3, 0.4) is 0 Å². The van der Waals surface area contributed by atoms with Gasteiger partial charge in [-0.25, -0.2) is 9.97 Å². The molecule has 5 aliphatic rings. The van der Waals surface area contributed by atoms with Crippen molar-refractivity contribution < 1.29 is 19.8 Å². The summed E-state index contributed by atoms with van der Waals surface area (Å²) in [5.41, 5.74) is 4.06. The standard InChI is InChI=1S/C28H28N4O3.C25H31N5O3/c33-23-12-9-20-6-2-1-5-19(20)7-10-22-11-8-21-13-16-32(27(21)29-22)28(14-3-4-15-28)18-31-17-24(34)26(35)25(23)30-31;31-20-16-29-17-25(10-5-6-11-25)30-13-9-19-14-18(15-27-23(19)30)8-4-2-1-3-7-12-26-24(33)21(28-29)22(20)32/h1-2,5-6,8,11,13,16-17,34H,3-4,7,9-10,12,14-15,18H2;9,13-16,31H,1-8,10-12,17H2,(H,26,33). The molecule has 2 spiro atoms. The van der Waals surface area contributed by atoms with Gasteiger partial charge < -0.3 is 24.7 Å². The van der Waals surface area contributed by atoms with E-state index in [1.54, 1.807) is 9.36 Å². The number of hydrogen-bond donors (Lipinski definition) is 3. The summed E-state index contributed by atoms with van der Waals surface area (Å²) in [6, 6.07) is 18.8. The molecule has 0 unspecified atom stereocenters. The van der Waals surface area contributed by atoms with Crippen LogP contribution in [0.4, 0.5) is 0 Å². The molecule has 1 aromatic carbocycles. The summed E-state index contributed by atoms with van der Waals surface area (Å²) in [5, 5.41) is 34.6. The Bertz CT molecular complexity index is 3130. The largest absolute Gasteiger partial charge is 0.503 e. The van der Waals surface area contributed by atoms with E-state index in [9.17, 15) is 29.4 Å². The van der Waals surface area contributed by atoms with Crippen LogP contribution in [0, 0.1) is 0 Å². The number of benzene rings is 1. The zero-order valence-electron chi connectivity index (χ0n) is 38.5. The minimum absolute atomic E-state index is 0.166. The van der Waals surface area contributed by atoms with E-state index in [0.717, 1.165) is 136 Å². The quantitative estimate of drug-likeness (QED) is 0.136. The number of nitrogens with one attached hydrogen (secondary N) is 1. The molecule has 6 aromatic heterocycles. The highest BCUT2D eigenvalue weighted by molar-refractivity contribution is 5.94. The Balaban J connectivity index is 0.000000159. The van der Waals surface area contributed by atoms with Crippen LogP contribution in [-0.4, -0.2) is 67.1 Å². The minimum Gasteiger partial charge on any atom is -0.503 e. The van der Waals surface area contributed by atoms with Crippen LogP contribution in [0.15, 0.2) is 95.2 Å². The van der Waals surface area contributed by atoms with Crippen molar-refractivity contribution in [2.24, 2.45) is 0 Å². The number of aromatic nitrogens is 8. The van der Waals surface area contributed by atoms with Crippen LogP contribution in [0.1, 0.15) is 133 Å². The van der Waals surface area contributed by atoms with Crippen molar-refractivity contribution in [3.8, 4) is 11.5 Å². The zero-order chi connectivity index (χ0) is 46.8. The van der Waals surface area contributed by atoms with Gasteiger partial charge >= 0.3 is 0 Å². The van der Waals surface area contributed by atoms with Crippen molar-refractivity contribution in [2.75, 3.05) is 6.54 Å². The van der Waals surface area contributed by atoms with Crippen LogP contribution >= 0.6 is 0 Å². The molecule has 68 heavy (non-hydrogen) atoms. The maximum Gasteiger partial charge on any atom is 0.275 e. The summed E-state index contributed by atoms with van der Waals surface area (Å²) >= 11 is 0. The lowest BCUT2D eigenvalue weighted by atomic mass is 9.96. The molecular weight excluding hydrogens is 859 g/mol. The summed E-state index contributed by atoms with van der Waals surface area (Å²) in [7, 11) is 0. The van der Waals surface area contributed by atoms with Crippen molar-refractivity contribution in [3.05, 3.63) is 140 Å². The number of amides is 1. The van der Waals surface area contributed by atoms with Gasteiger partial charge in [0, 0.05) is 48.0 Å². The highest BCUT2D eigenvalue weighted by atomic mass is 16.3. The normalized spacial score (nSPS) is 18.6. The molecule has 0 radical (unpaired) electrons. The number of aromatic hydroxyl groups is 2. The second kappa shape index (κ2) is 19.0. The van der Waals surface area contributed by atoms with E-state index in [1.807, 2.05) is 24.4 Å². The lowest BCUT2D eigenvalue weighted by Gasteiger charge is -2.32. The average Bonchev–Trinajstić information content (AvgIpc) is 4.18. The van der Waals surface area contributed by atoms with E-state index in [4.69, 9.17) is 9.97 Å². The van der Waals surface area contributed by atoms with Crippen molar-refractivity contribution in [2.45, 2.75) is 140 Å². The Kier molecular flexibility index (Phi) is 12.6. The number of carbonyl (C=O) groups is 2. The van der Waals surface area contributed by atoms with Crippen LogP contribution in [0.5, 0.6) is 11.5 Å². The number of hydrogen-bond acceptors (Lipinski definition) is 10. The molecule has 352 valence electrons. The molecule has 2 aliphatic carbocycles. The highest BCUT2D eigenvalue weighted by Crippen LogP contribution is 2.42. The molecule has 10 bridgehead atoms. The first-order valence-electron chi connectivity index (χ1n) is 24.5. The van der Waals surface area contributed by atoms with Crippen molar-refractivity contribution >= 4 is 33.8 Å². The SMILES string of the molecule is O=C1CCc2ccccc2CCc2ccc3ccn(c3n2)C2(CCCC2)Cn2cc(O)c(=O)c1n2.O=C1NCCCCCCCc2cnc3c(ccn3C3(CCCC3)Cn3cc(O)c(=O)c1n3)c2. The van der Waals surface area contributed by atoms with Crippen LogP contribution < -0.4 is 16.2 Å². The molecule has 1 amide bonds. The molecule has 15 nitrogen and oxygen atoms in total. The Morgan fingerprint density at radius 2 is 1.16 bits per heavy atom. The van der Waals surface area contributed by atoms with Gasteiger partial charge in [0.25, 0.3) is 16.8 Å². The fourth-order valence-electron chi connectivity index (χ4n) is 11.3. The number of carbonyl (C=O) groups excluding carboxylic acids is 2. The van der Waals surface area contributed by atoms with Crippen molar-refractivity contribution in [3.63, 3.8) is 0 Å². The highest BCUT2D eigenvalue weighted by Gasteiger charge is 2.39. The summed E-state index contributed by atoms with van der Waals surface area (Å²) < 4.78 is 7.65. The van der Waals surface area contributed by atoms with Gasteiger partial charge in [0.15, 0.2) is 28.7 Å². The molecule has 3 aliphatic heterocycles. The molecule has 15 heteroatoms. The van der Waals surface area contributed by atoms with Crippen LogP contribution in [0.2, 0.25) is 0 Å². The number of Topliss-reactive ketones (excluding diaryl/α,β-unsaturated/α-hetero) is 1. The van der Waals surface area contributed by atoms with Crippen LogP contribution in [-0.2, 0) is 49.9 Å². The van der Waals surface area contributed by atoms with Gasteiger partial charge in [0.2, 0.25) is 0 Å². The number of nitrogens with zero attached hydrogens (tertiary/aromatic N) is 8. The number of rotatable bonds is 0. The molecule has 0 atom stereocenters. The van der Waals surface area contributed by atoms with Crippen molar-refractivity contribution in [1.29, 1.82) is 0 Å². The Labute approximate surface area is 393 Å². The van der Waals surface area contributed by atoms with E-state index in [0.29, 0.717) is 26.1 Å². The molecule has 12 rings (SSSR count). The third kappa shape index (κ3) is 8.97. The lowest BCUT2D eigenvalue weighted by molar-refractivity contribution is 0.0940. The lowest BCUT2D eigenvalue weighted by Crippen LogP contribution is -2.38. The predicted molar refractivity (Wildman–Crippen MR) is 258 cm³/mol. The minimum atomic E-state index is -0.726. The van der Waals surface area contributed by atoms with Gasteiger partial charge in [-0.05, 0) is 111 Å². The summed E-state index contributed by atoms with van der Waals surface area (Å²) in [6.45, 7) is 1.40. The fraction of sp³-hybridized carbons (Fsp3) is 0.434. The van der Waals surface area contributed by atoms with E-state index in [1.165, 1.54) is 23.5 Å². The molecule has 9 heterocycles. The fourth-order valence-corrected chi connectivity index (χ4v) is 11.3. The average molecular weight is 918 g/mol. The summed E-state index contributed by atoms with van der Waals surface area (Å²) in [5.74, 6) is -1.74. The third-order valence-corrected chi connectivity index (χ3v) is 14.9. The van der Waals surface area contributed by atoms with Gasteiger partial charge in [-0.3, -0.25) is 28.5 Å². The second-order valence-corrected chi connectivity index (χ2v) is 19.5. The Morgan fingerprint density at radius 3 is 1.85 bits per heavy atom. The number of ketones is 1. The zero-order valence-corrected chi connectivity index (χ0v) is 38.5. The topological polar surface area (TPSA) is 192 Å². The molecule has 0 saturated heterocycles. The maximum atomic E-state index is 13.1. The Morgan fingerprint density at radius 1 is 0.574 bits per heavy atom. The summed E-state index contributed by atoms with van der Waals surface area (Å²) in [6.07, 6.45) is 25.5. The van der Waals surface area contributed by atoms with Gasteiger partial charge in [-0.1, -0.05) is 69.2 Å². The molecule has 2 saturated carbocycles. The molecule has 3 N–H and O–H groups in total. The monoisotopic (exact) mass is 917 g/mol. The Hall–Kier alpha value is -6.90. The smallest absolute Gasteiger partial charge is 0.275 e. The first-order valence-corrected chi connectivity index (χ1v) is 24.5. The van der Waals surface area contributed by atoms with E-state index >= 15 is 0 Å². The van der Waals surface area contributed by atoms with E-state index in [2.05, 4.69) is 73.4 Å². The molecular formula is C53H59N9O6. The van der Waals surface area contributed by atoms with Crippen LogP contribution in [0.25, 0.3) is 22.1 Å². The molecule has 2 fully saturated rings. The van der Waals surface area contributed by atoms with Gasteiger partial charge in [0.05, 0.1) is 36.6 Å². The maximum absolute atomic E-state index is 13.1.